The van der Waals surface area contributed by atoms with Gasteiger partial charge in [-0.3, -0.25) is 14.8 Å². The first kappa shape index (κ1) is 15.9. The first-order valence-electron chi connectivity index (χ1n) is 5.72. The van der Waals surface area contributed by atoms with Gasteiger partial charge in [-0.2, -0.15) is 5.10 Å². The molecule has 0 aliphatic heterocycles. The Hall–Kier alpha value is -1.49. The van der Waals surface area contributed by atoms with Crippen LogP contribution in [0.3, 0.4) is 0 Å². The Kier molecular flexibility index (Phi) is 4.61. The van der Waals surface area contributed by atoms with E-state index in [4.69, 9.17) is 11.6 Å². The second kappa shape index (κ2) is 6.10. The Balaban J connectivity index is 2.04. The molecular formula is C10H11ClN4O4S2. The summed E-state index contributed by atoms with van der Waals surface area (Å²) < 4.78 is 27.6. The lowest BCUT2D eigenvalue weighted by atomic mass is 10.4. The lowest BCUT2D eigenvalue weighted by Gasteiger charge is -2.04. The van der Waals surface area contributed by atoms with Crippen molar-refractivity contribution in [1.82, 2.24) is 14.5 Å². The van der Waals surface area contributed by atoms with Crippen molar-refractivity contribution in [3.05, 3.63) is 38.5 Å². The summed E-state index contributed by atoms with van der Waals surface area (Å²) in [5, 5.41) is 14.7. The molecule has 1 N–H and O–H groups in total. The highest BCUT2D eigenvalue weighted by Crippen LogP contribution is 2.35. The molecule has 0 atom stereocenters. The lowest BCUT2D eigenvalue weighted by Crippen LogP contribution is -2.27. The third kappa shape index (κ3) is 3.79. The maximum absolute atomic E-state index is 12.0. The fourth-order valence-corrected chi connectivity index (χ4v) is 4.28. The van der Waals surface area contributed by atoms with E-state index < -0.39 is 20.6 Å². The number of sulfonamides is 1. The number of rotatable bonds is 6. The molecule has 2 aromatic rings. The van der Waals surface area contributed by atoms with Gasteiger partial charge in [-0.05, 0) is 12.5 Å². The fraction of sp³-hybridized carbons (Fsp3) is 0.300. The quantitative estimate of drug-likeness (QED) is 0.631. The van der Waals surface area contributed by atoms with E-state index in [1.807, 2.05) is 6.92 Å². The van der Waals surface area contributed by atoms with Crippen molar-refractivity contribution in [2.75, 3.05) is 6.54 Å². The molecule has 11 heteroatoms. The van der Waals surface area contributed by atoms with E-state index in [-0.39, 0.29) is 15.1 Å². The van der Waals surface area contributed by atoms with Gasteiger partial charge in [0.25, 0.3) is 5.69 Å². The number of halogens is 1. The summed E-state index contributed by atoms with van der Waals surface area (Å²) >= 11 is 6.30. The summed E-state index contributed by atoms with van der Waals surface area (Å²) in [5.41, 5.74) is 0.559. The van der Waals surface area contributed by atoms with E-state index in [1.165, 1.54) is 0 Å². The van der Waals surface area contributed by atoms with Crippen LogP contribution in [0.4, 0.5) is 5.69 Å². The second-order valence-electron chi connectivity index (χ2n) is 4.16. The first-order chi connectivity index (χ1) is 9.79. The third-order valence-corrected chi connectivity index (χ3v) is 5.78. The van der Waals surface area contributed by atoms with Crippen LogP contribution < -0.4 is 4.72 Å². The van der Waals surface area contributed by atoms with Gasteiger partial charge in [0.05, 0.1) is 17.7 Å². The summed E-state index contributed by atoms with van der Waals surface area (Å²) in [6.45, 7) is 2.35. The maximum Gasteiger partial charge on any atom is 0.300 e. The van der Waals surface area contributed by atoms with E-state index in [2.05, 4.69) is 9.82 Å². The average Bonchev–Trinajstić information content (AvgIpc) is 2.96. The minimum absolute atomic E-state index is 0.118. The van der Waals surface area contributed by atoms with E-state index >= 15 is 0 Å². The molecule has 0 saturated heterocycles. The van der Waals surface area contributed by atoms with Crippen LogP contribution in [0.1, 0.15) is 5.56 Å². The van der Waals surface area contributed by atoms with Crippen molar-refractivity contribution in [3.8, 4) is 0 Å². The Labute approximate surface area is 129 Å². The van der Waals surface area contributed by atoms with Crippen molar-refractivity contribution in [1.29, 1.82) is 0 Å². The molecule has 21 heavy (non-hydrogen) atoms. The molecule has 8 nitrogen and oxygen atoms in total. The molecule has 0 aliphatic carbocycles. The van der Waals surface area contributed by atoms with Crippen LogP contribution in [-0.4, -0.2) is 29.7 Å². The van der Waals surface area contributed by atoms with Crippen LogP contribution >= 0.6 is 22.9 Å². The SMILES string of the molecule is Cc1cnn(CCNS(=O)(=O)c2cc([N+](=O)[O-])c(Cl)s2)c1. The molecule has 0 unspecified atom stereocenters. The highest BCUT2D eigenvalue weighted by Gasteiger charge is 2.24. The minimum atomic E-state index is -3.82. The van der Waals surface area contributed by atoms with Crippen LogP contribution in [0.25, 0.3) is 0 Å². The molecule has 0 fully saturated rings. The molecule has 0 saturated carbocycles. The molecule has 0 amide bonds. The van der Waals surface area contributed by atoms with Gasteiger partial charge in [0.2, 0.25) is 10.0 Å². The summed E-state index contributed by atoms with van der Waals surface area (Å²) in [6.07, 6.45) is 3.44. The van der Waals surface area contributed by atoms with Gasteiger partial charge in [0.1, 0.15) is 4.21 Å². The molecule has 0 aromatic carbocycles. The van der Waals surface area contributed by atoms with Crippen molar-refractivity contribution in [2.24, 2.45) is 0 Å². The van der Waals surface area contributed by atoms with E-state index in [0.29, 0.717) is 17.9 Å². The predicted molar refractivity (Wildman–Crippen MR) is 78.1 cm³/mol. The fourth-order valence-electron chi connectivity index (χ4n) is 1.55. The molecule has 2 aromatic heterocycles. The van der Waals surface area contributed by atoms with E-state index in [0.717, 1.165) is 11.6 Å². The van der Waals surface area contributed by atoms with Crippen molar-refractivity contribution >= 4 is 38.6 Å². The number of hydrogen-bond donors (Lipinski definition) is 1. The number of nitrogens with zero attached hydrogens (tertiary/aromatic N) is 3. The Morgan fingerprint density at radius 2 is 2.29 bits per heavy atom. The minimum Gasteiger partial charge on any atom is -0.271 e. The van der Waals surface area contributed by atoms with Gasteiger partial charge >= 0.3 is 0 Å². The van der Waals surface area contributed by atoms with Crippen LogP contribution in [0.2, 0.25) is 4.34 Å². The smallest absolute Gasteiger partial charge is 0.271 e. The van der Waals surface area contributed by atoms with Gasteiger partial charge in [0, 0.05) is 18.8 Å². The number of thiophene rings is 1. The zero-order valence-corrected chi connectivity index (χ0v) is 13.2. The molecule has 2 rings (SSSR count). The van der Waals surface area contributed by atoms with Gasteiger partial charge in [0.15, 0.2) is 4.34 Å². The summed E-state index contributed by atoms with van der Waals surface area (Å²) in [5.74, 6) is 0. The zero-order chi connectivity index (χ0) is 15.6. The number of nitrogens with one attached hydrogen (secondary N) is 1. The number of nitro groups is 1. The molecule has 0 aliphatic rings. The average molecular weight is 351 g/mol. The van der Waals surface area contributed by atoms with Crippen molar-refractivity contribution in [2.45, 2.75) is 17.7 Å². The number of aromatic nitrogens is 2. The van der Waals surface area contributed by atoms with Crippen LogP contribution in [0.15, 0.2) is 22.7 Å². The summed E-state index contributed by atoms with van der Waals surface area (Å²) in [4.78, 5) is 9.95. The highest BCUT2D eigenvalue weighted by atomic mass is 35.5. The molecule has 0 bridgehead atoms. The molecule has 114 valence electrons. The maximum atomic E-state index is 12.0. The van der Waals surface area contributed by atoms with E-state index in [1.54, 1.807) is 17.1 Å². The van der Waals surface area contributed by atoms with Gasteiger partial charge in [-0.1, -0.05) is 11.6 Å². The molecule has 2 heterocycles. The lowest BCUT2D eigenvalue weighted by molar-refractivity contribution is -0.384. The van der Waals surface area contributed by atoms with Crippen LogP contribution in [0, 0.1) is 17.0 Å². The van der Waals surface area contributed by atoms with Crippen molar-refractivity contribution in [3.63, 3.8) is 0 Å². The highest BCUT2D eigenvalue weighted by molar-refractivity contribution is 7.91. The topological polar surface area (TPSA) is 107 Å². The first-order valence-corrected chi connectivity index (χ1v) is 8.40. The van der Waals surface area contributed by atoms with Gasteiger partial charge < -0.3 is 0 Å². The van der Waals surface area contributed by atoms with E-state index in [9.17, 15) is 18.5 Å². The Bertz CT molecular complexity index is 768. The molecule has 0 spiro atoms. The third-order valence-electron chi connectivity index (χ3n) is 2.50. The standard InChI is InChI=1S/C10H11ClN4O4S2/c1-7-5-12-14(6-7)3-2-13-21(18,19)9-4-8(15(16)17)10(11)20-9/h4-6,13H,2-3H2,1H3. The largest absolute Gasteiger partial charge is 0.300 e. The van der Waals surface area contributed by atoms with Gasteiger partial charge in [-0.25, -0.2) is 13.1 Å². The monoisotopic (exact) mass is 350 g/mol. The molecule has 0 radical (unpaired) electrons. The van der Waals surface area contributed by atoms with Gasteiger partial charge in [-0.15, -0.1) is 11.3 Å². The second-order valence-corrected chi connectivity index (χ2v) is 7.81. The Morgan fingerprint density at radius 1 is 1.57 bits per heavy atom. The Morgan fingerprint density at radius 3 is 2.81 bits per heavy atom. The summed E-state index contributed by atoms with van der Waals surface area (Å²) in [6, 6.07) is 0.952. The van der Waals surface area contributed by atoms with Crippen LogP contribution in [0.5, 0.6) is 0 Å². The summed E-state index contributed by atoms with van der Waals surface area (Å²) in [7, 11) is -3.82. The zero-order valence-electron chi connectivity index (χ0n) is 10.8. The molecular weight excluding hydrogens is 340 g/mol. The number of aryl methyl sites for hydroxylation is 1. The predicted octanol–water partition coefficient (Wildman–Crippen LogP) is 1.79. The number of hydrogen-bond acceptors (Lipinski definition) is 6. The van der Waals surface area contributed by atoms with Crippen LogP contribution in [-0.2, 0) is 16.6 Å². The normalized spacial score (nSPS) is 11.7. The van der Waals surface area contributed by atoms with Crippen molar-refractivity contribution < 1.29 is 13.3 Å².